The Kier molecular flexibility index (Phi) is 6.67. The minimum absolute atomic E-state index is 0.0769. The quantitative estimate of drug-likeness (QED) is 0.549. The number of halogens is 1. The molecule has 2 N–H and O–H groups in total. The Balaban J connectivity index is 1.53. The average molecular weight is 503 g/mol. The summed E-state index contributed by atoms with van der Waals surface area (Å²) in [6, 6.07) is 9.28. The third-order valence-corrected chi connectivity index (χ3v) is 7.40. The molecule has 1 atom stereocenters. The lowest BCUT2D eigenvalue weighted by molar-refractivity contribution is -0.121. The maximum atomic E-state index is 15.2. The highest BCUT2D eigenvalue weighted by molar-refractivity contribution is 7.90. The zero-order valence-corrected chi connectivity index (χ0v) is 20.2. The summed E-state index contributed by atoms with van der Waals surface area (Å²) in [6.45, 7) is 2.17. The Morgan fingerprint density at radius 3 is 2.68 bits per heavy atom. The van der Waals surface area contributed by atoms with E-state index < -0.39 is 33.6 Å². The highest BCUT2D eigenvalue weighted by atomic mass is 32.2. The first-order valence-electron chi connectivity index (χ1n) is 10.5. The number of carbonyl (C=O) groups excluding carboxylic acids is 2. The Bertz CT molecular complexity index is 1360. The summed E-state index contributed by atoms with van der Waals surface area (Å²) in [5.74, 6) is -1.07. The van der Waals surface area contributed by atoms with Gasteiger partial charge in [0, 0.05) is 29.4 Å². The van der Waals surface area contributed by atoms with Crippen LogP contribution in [0.4, 0.5) is 20.0 Å². The Hall–Kier alpha value is -3.31. The van der Waals surface area contributed by atoms with Gasteiger partial charge in [-0.3, -0.25) is 10.1 Å². The maximum absolute atomic E-state index is 15.2. The Morgan fingerprint density at radius 2 is 2.00 bits per heavy atom. The van der Waals surface area contributed by atoms with Crippen molar-refractivity contribution in [2.45, 2.75) is 30.7 Å². The fourth-order valence-corrected chi connectivity index (χ4v) is 5.44. The van der Waals surface area contributed by atoms with Crippen molar-refractivity contribution in [3.8, 4) is 11.1 Å². The largest absolute Gasteiger partial charge is 0.326 e. The first kappa shape index (κ1) is 23.8. The first-order chi connectivity index (χ1) is 16.1. The number of nitrogens with zero attached hydrogens (tertiary/aromatic N) is 2. The van der Waals surface area contributed by atoms with Gasteiger partial charge in [0.25, 0.3) is 0 Å². The van der Waals surface area contributed by atoms with E-state index in [0.29, 0.717) is 35.6 Å². The lowest BCUT2D eigenvalue weighted by Crippen LogP contribution is -2.53. The molecule has 1 fully saturated rings. The van der Waals surface area contributed by atoms with Crippen molar-refractivity contribution in [1.29, 1.82) is 0 Å². The second-order valence-corrected chi connectivity index (χ2v) is 11.2. The summed E-state index contributed by atoms with van der Waals surface area (Å²) >= 11 is 1.31. The van der Waals surface area contributed by atoms with E-state index in [0.717, 1.165) is 11.1 Å². The van der Waals surface area contributed by atoms with Crippen molar-refractivity contribution in [2.75, 3.05) is 23.0 Å². The number of hydrogen-bond acceptors (Lipinski definition) is 6. The number of thiazole rings is 1. The standard InChI is InChI=1S/C23H23FN4O4S2/c1-14-13-25-23(33-14)27-22(30)26-18-7-5-11-28(21(18)29)19-10-9-15(12-17(19)24)16-6-3-4-8-20(16)34(2,31)32/h3-4,6,8-10,12-13,18H,5,7,11H2,1-2H3,(H2,25,26,27,30). The molecule has 1 aromatic heterocycles. The van der Waals surface area contributed by atoms with E-state index in [2.05, 4.69) is 15.6 Å². The first-order valence-corrected chi connectivity index (χ1v) is 13.2. The van der Waals surface area contributed by atoms with E-state index in [4.69, 9.17) is 0 Å². The second kappa shape index (κ2) is 9.51. The van der Waals surface area contributed by atoms with Crippen molar-refractivity contribution in [3.05, 3.63) is 59.4 Å². The van der Waals surface area contributed by atoms with Gasteiger partial charge in [0.15, 0.2) is 15.0 Å². The number of amides is 3. The number of nitrogens with one attached hydrogen (secondary N) is 2. The predicted octanol–water partition coefficient (Wildman–Crippen LogP) is 3.98. The molecule has 34 heavy (non-hydrogen) atoms. The molecule has 11 heteroatoms. The van der Waals surface area contributed by atoms with E-state index >= 15 is 4.39 Å². The monoisotopic (exact) mass is 502 g/mol. The summed E-state index contributed by atoms with van der Waals surface area (Å²) in [5.41, 5.74) is 0.849. The zero-order chi connectivity index (χ0) is 24.5. The zero-order valence-electron chi connectivity index (χ0n) is 18.5. The SMILES string of the molecule is Cc1cnc(NC(=O)NC2CCCN(c3ccc(-c4ccccc4S(C)(=O)=O)cc3F)C2=O)s1. The van der Waals surface area contributed by atoms with E-state index in [-0.39, 0.29) is 10.6 Å². The van der Waals surface area contributed by atoms with Crippen LogP contribution in [0.1, 0.15) is 17.7 Å². The Labute approximate surface area is 200 Å². The van der Waals surface area contributed by atoms with Gasteiger partial charge < -0.3 is 10.2 Å². The van der Waals surface area contributed by atoms with Crippen LogP contribution >= 0.6 is 11.3 Å². The number of aromatic nitrogens is 1. The van der Waals surface area contributed by atoms with Gasteiger partial charge in [-0.15, -0.1) is 11.3 Å². The smallest absolute Gasteiger partial charge is 0.321 e. The molecule has 1 unspecified atom stereocenters. The fourth-order valence-electron chi connectivity index (χ4n) is 3.87. The number of benzene rings is 2. The highest BCUT2D eigenvalue weighted by Gasteiger charge is 2.32. The lowest BCUT2D eigenvalue weighted by atomic mass is 10.0. The topological polar surface area (TPSA) is 108 Å². The number of hydrogen-bond donors (Lipinski definition) is 2. The van der Waals surface area contributed by atoms with E-state index in [9.17, 15) is 18.0 Å². The number of piperidine rings is 1. The maximum Gasteiger partial charge on any atom is 0.321 e. The Morgan fingerprint density at radius 1 is 1.24 bits per heavy atom. The molecule has 0 aliphatic carbocycles. The molecule has 1 aliphatic rings. The molecule has 0 saturated carbocycles. The van der Waals surface area contributed by atoms with Crippen molar-refractivity contribution in [1.82, 2.24) is 10.3 Å². The van der Waals surface area contributed by atoms with Gasteiger partial charge in [-0.05, 0) is 43.5 Å². The average Bonchev–Trinajstić information content (AvgIpc) is 3.19. The molecule has 1 saturated heterocycles. The van der Waals surface area contributed by atoms with Crippen LogP contribution in [0.3, 0.4) is 0 Å². The number of urea groups is 1. The summed E-state index contributed by atoms with van der Waals surface area (Å²) in [6.07, 6.45) is 3.74. The van der Waals surface area contributed by atoms with Crippen LogP contribution in [0.2, 0.25) is 0 Å². The summed E-state index contributed by atoms with van der Waals surface area (Å²) < 4.78 is 39.4. The lowest BCUT2D eigenvalue weighted by Gasteiger charge is -2.32. The molecule has 0 spiro atoms. The molecule has 8 nitrogen and oxygen atoms in total. The van der Waals surface area contributed by atoms with E-state index in [1.54, 1.807) is 30.5 Å². The number of anilines is 2. The molecule has 178 valence electrons. The van der Waals surface area contributed by atoms with E-state index in [1.807, 2.05) is 6.92 Å². The molecule has 3 aromatic rings. The molecule has 4 rings (SSSR count). The van der Waals surface area contributed by atoms with Gasteiger partial charge in [-0.2, -0.15) is 0 Å². The van der Waals surface area contributed by atoms with Crippen LogP contribution in [0.25, 0.3) is 11.1 Å². The van der Waals surface area contributed by atoms with Gasteiger partial charge >= 0.3 is 6.03 Å². The molecule has 0 bridgehead atoms. The van der Waals surface area contributed by atoms with Crippen LogP contribution < -0.4 is 15.5 Å². The number of carbonyl (C=O) groups is 2. The molecule has 2 heterocycles. The molecule has 1 aliphatic heterocycles. The highest BCUT2D eigenvalue weighted by Crippen LogP contribution is 2.32. The summed E-state index contributed by atoms with van der Waals surface area (Å²) in [4.78, 5) is 31.8. The van der Waals surface area contributed by atoms with Gasteiger partial charge in [0.2, 0.25) is 5.91 Å². The van der Waals surface area contributed by atoms with Crippen molar-refractivity contribution in [2.24, 2.45) is 0 Å². The van der Waals surface area contributed by atoms with Gasteiger partial charge in [-0.1, -0.05) is 24.3 Å². The predicted molar refractivity (Wildman–Crippen MR) is 129 cm³/mol. The minimum Gasteiger partial charge on any atom is -0.326 e. The number of rotatable bonds is 5. The normalized spacial score (nSPS) is 16.4. The number of sulfone groups is 1. The summed E-state index contributed by atoms with van der Waals surface area (Å²) in [5, 5.41) is 5.67. The van der Waals surface area contributed by atoms with Crippen LogP contribution in [0.5, 0.6) is 0 Å². The molecule has 2 aromatic carbocycles. The van der Waals surface area contributed by atoms with Gasteiger partial charge in [0.05, 0.1) is 10.6 Å². The fraction of sp³-hybridized carbons (Fsp3) is 0.261. The van der Waals surface area contributed by atoms with Gasteiger partial charge in [0.1, 0.15) is 11.9 Å². The third kappa shape index (κ3) is 5.10. The molecule has 0 radical (unpaired) electrons. The molecular weight excluding hydrogens is 479 g/mol. The van der Waals surface area contributed by atoms with Crippen LogP contribution in [0, 0.1) is 12.7 Å². The van der Waals surface area contributed by atoms with Crippen molar-refractivity contribution < 1.29 is 22.4 Å². The van der Waals surface area contributed by atoms with Crippen LogP contribution in [0.15, 0.2) is 53.6 Å². The van der Waals surface area contributed by atoms with Crippen LogP contribution in [-0.4, -0.2) is 44.2 Å². The summed E-state index contributed by atoms with van der Waals surface area (Å²) in [7, 11) is -3.51. The van der Waals surface area contributed by atoms with Gasteiger partial charge in [-0.25, -0.2) is 22.6 Å². The van der Waals surface area contributed by atoms with Crippen molar-refractivity contribution >= 4 is 43.9 Å². The molecule has 3 amide bonds. The number of aryl methyl sites for hydroxylation is 1. The minimum atomic E-state index is -3.51. The van der Waals surface area contributed by atoms with Crippen LogP contribution in [-0.2, 0) is 14.6 Å². The molecular formula is C23H23FN4O4S2. The second-order valence-electron chi connectivity index (χ2n) is 7.99. The third-order valence-electron chi connectivity index (χ3n) is 5.42. The van der Waals surface area contributed by atoms with E-state index in [1.165, 1.54) is 34.4 Å². The van der Waals surface area contributed by atoms with Crippen molar-refractivity contribution in [3.63, 3.8) is 0 Å².